The van der Waals surface area contributed by atoms with Gasteiger partial charge in [0.05, 0.1) is 0 Å². The second-order valence-electron chi connectivity index (χ2n) is 6.16. The van der Waals surface area contributed by atoms with Crippen molar-refractivity contribution in [1.82, 2.24) is 24.1 Å². The average molecular weight is 390 g/mol. The molecule has 3 aromatic rings. The number of anilines is 2. The molecule has 11 heteroatoms. The lowest BCUT2D eigenvalue weighted by Crippen LogP contribution is -2.44. The zero-order valence-corrected chi connectivity index (χ0v) is 15.1. The Kier molecular flexibility index (Phi) is 4.01. The highest BCUT2D eigenvalue weighted by Gasteiger charge is 2.28. The average Bonchev–Trinajstić information content (AvgIpc) is 3.23. The van der Waals surface area contributed by atoms with Gasteiger partial charge in [-0.3, -0.25) is 19.6 Å². The molecule has 4 rings (SSSR count). The van der Waals surface area contributed by atoms with E-state index in [0.29, 0.717) is 24.1 Å². The molecule has 3 heterocycles. The lowest BCUT2D eigenvalue weighted by molar-refractivity contribution is -0.121. The van der Waals surface area contributed by atoms with Gasteiger partial charge in [0.1, 0.15) is 6.54 Å². The van der Waals surface area contributed by atoms with Gasteiger partial charge < -0.3 is 9.47 Å². The van der Waals surface area contributed by atoms with Crippen LogP contribution in [0.15, 0.2) is 33.9 Å². The standard InChI is InChI=1S/C16H16ClN7O3/c1-21-13-12(14(26)24(16(21)27)8-11(25)20-18)23-7-6-22(15(23)19-13)10-4-2-9(17)3-5-10/h2-5H,6-8,18H2,1H3,(H,20,25). The molecule has 0 radical (unpaired) electrons. The zero-order valence-electron chi connectivity index (χ0n) is 14.3. The molecule has 0 saturated heterocycles. The van der Waals surface area contributed by atoms with E-state index in [0.717, 1.165) is 10.3 Å². The van der Waals surface area contributed by atoms with Crippen LogP contribution in [-0.2, 0) is 24.9 Å². The van der Waals surface area contributed by atoms with E-state index in [1.54, 1.807) is 16.7 Å². The monoisotopic (exact) mass is 389 g/mol. The Hall–Kier alpha value is -3.11. The highest BCUT2D eigenvalue weighted by atomic mass is 35.5. The van der Waals surface area contributed by atoms with E-state index < -0.39 is 23.7 Å². The molecule has 3 N–H and O–H groups in total. The van der Waals surface area contributed by atoms with E-state index in [1.165, 1.54) is 11.6 Å². The van der Waals surface area contributed by atoms with Gasteiger partial charge in [-0.25, -0.2) is 15.2 Å². The maximum absolute atomic E-state index is 12.9. The number of carbonyl (C=O) groups excluding carboxylic acids is 1. The third-order valence-electron chi connectivity index (χ3n) is 4.60. The Morgan fingerprint density at radius 1 is 1.26 bits per heavy atom. The van der Waals surface area contributed by atoms with Crippen LogP contribution in [0.5, 0.6) is 0 Å². The van der Waals surface area contributed by atoms with Crippen molar-refractivity contribution < 1.29 is 4.79 Å². The molecular weight excluding hydrogens is 374 g/mol. The second kappa shape index (κ2) is 6.25. The summed E-state index contributed by atoms with van der Waals surface area (Å²) in [4.78, 5) is 43.4. The number of hydrogen-bond donors (Lipinski definition) is 2. The minimum Gasteiger partial charge on any atom is -0.310 e. The van der Waals surface area contributed by atoms with Gasteiger partial charge in [0.15, 0.2) is 11.2 Å². The second-order valence-corrected chi connectivity index (χ2v) is 6.60. The molecule has 1 aliphatic rings. The highest BCUT2D eigenvalue weighted by Crippen LogP contribution is 2.32. The van der Waals surface area contributed by atoms with Crippen molar-refractivity contribution in [2.75, 3.05) is 11.4 Å². The molecule has 10 nitrogen and oxygen atoms in total. The zero-order chi connectivity index (χ0) is 19.3. The number of rotatable bonds is 3. The van der Waals surface area contributed by atoms with Crippen LogP contribution in [0.4, 0.5) is 11.6 Å². The summed E-state index contributed by atoms with van der Waals surface area (Å²) in [7, 11) is 1.51. The number of fused-ring (bicyclic) bond motifs is 3. The van der Waals surface area contributed by atoms with E-state index in [1.807, 2.05) is 22.5 Å². The first-order valence-corrected chi connectivity index (χ1v) is 8.52. The minimum absolute atomic E-state index is 0.267. The number of halogens is 1. The highest BCUT2D eigenvalue weighted by molar-refractivity contribution is 6.30. The molecule has 0 unspecified atom stereocenters. The molecule has 0 bridgehead atoms. The lowest BCUT2D eigenvalue weighted by atomic mass is 10.3. The van der Waals surface area contributed by atoms with E-state index in [2.05, 4.69) is 4.98 Å². The predicted octanol–water partition coefficient (Wildman–Crippen LogP) is -0.308. The van der Waals surface area contributed by atoms with E-state index >= 15 is 0 Å². The van der Waals surface area contributed by atoms with Crippen LogP contribution >= 0.6 is 11.6 Å². The van der Waals surface area contributed by atoms with E-state index in [-0.39, 0.29) is 11.2 Å². The van der Waals surface area contributed by atoms with Crippen LogP contribution in [0.3, 0.4) is 0 Å². The van der Waals surface area contributed by atoms with Crippen molar-refractivity contribution in [3.63, 3.8) is 0 Å². The predicted molar refractivity (Wildman–Crippen MR) is 100 cm³/mol. The van der Waals surface area contributed by atoms with Crippen LogP contribution in [0.2, 0.25) is 5.02 Å². The van der Waals surface area contributed by atoms with Crippen molar-refractivity contribution in [3.8, 4) is 0 Å². The number of hydrazine groups is 1. The largest absolute Gasteiger partial charge is 0.332 e. The van der Waals surface area contributed by atoms with E-state index in [4.69, 9.17) is 17.4 Å². The number of nitrogens with zero attached hydrogens (tertiary/aromatic N) is 5. The minimum atomic E-state index is -0.641. The Balaban J connectivity index is 1.92. The molecule has 0 spiro atoms. The van der Waals surface area contributed by atoms with Gasteiger partial charge in [-0.1, -0.05) is 11.6 Å². The maximum Gasteiger partial charge on any atom is 0.332 e. The Labute approximate surface area is 157 Å². The number of nitrogens with one attached hydrogen (secondary N) is 1. The molecule has 0 aliphatic carbocycles. The summed E-state index contributed by atoms with van der Waals surface area (Å²) in [5.41, 5.74) is 2.13. The number of amides is 1. The summed E-state index contributed by atoms with van der Waals surface area (Å²) >= 11 is 5.95. The van der Waals surface area contributed by atoms with Gasteiger partial charge in [-0.05, 0) is 24.3 Å². The van der Waals surface area contributed by atoms with Crippen molar-refractivity contribution in [2.45, 2.75) is 13.1 Å². The van der Waals surface area contributed by atoms with Crippen LogP contribution in [0.25, 0.3) is 11.2 Å². The SMILES string of the molecule is Cn1c(=O)n(CC(=O)NN)c(=O)c2c1nc1n2CCN1c1ccc(Cl)cc1. The first-order valence-electron chi connectivity index (χ1n) is 8.15. The molecule has 27 heavy (non-hydrogen) atoms. The van der Waals surface area contributed by atoms with Gasteiger partial charge >= 0.3 is 5.69 Å². The fourth-order valence-electron chi connectivity index (χ4n) is 3.27. The van der Waals surface area contributed by atoms with Gasteiger partial charge in [0.2, 0.25) is 5.95 Å². The van der Waals surface area contributed by atoms with Gasteiger partial charge in [-0.15, -0.1) is 0 Å². The number of hydrogen-bond acceptors (Lipinski definition) is 6. The van der Waals surface area contributed by atoms with Gasteiger partial charge in [-0.2, -0.15) is 4.98 Å². The van der Waals surface area contributed by atoms with Gasteiger partial charge in [0, 0.05) is 30.8 Å². The Bertz CT molecular complexity index is 1180. The molecule has 0 atom stereocenters. The third kappa shape index (κ3) is 2.61. The number of aromatic nitrogens is 4. The number of nitrogens with two attached hydrogens (primary N) is 1. The normalized spacial score (nSPS) is 13.2. The summed E-state index contributed by atoms with van der Waals surface area (Å²) in [5, 5.41) is 0.620. The number of aryl methyl sites for hydroxylation is 1. The van der Waals surface area contributed by atoms with Crippen molar-refractivity contribution >= 4 is 40.3 Å². The lowest BCUT2D eigenvalue weighted by Gasteiger charge is -2.15. The van der Waals surface area contributed by atoms with E-state index in [9.17, 15) is 14.4 Å². The molecule has 2 aromatic heterocycles. The van der Waals surface area contributed by atoms with Crippen LogP contribution < -0.4 is 27.4 Å². The maximum atomic E-state index is 12.9. The molecule has 0 saturated carbocycles. The third-order valence-corrected chi connectivity index (χ3v) is 4.85. The van der Waals surface area contributed by atoms with Gasteiger partial charge in [0.25, 0.3) is 11.5 Å². The molecule has 1 aliphatic heterocycles. The number of carbonyl (C=O) groups is 1. The topological polar surface area (TPSA) is 120 Å². The summed E-state index contributed by atoms with van der Waals surface area (Å²) in [6, 6.07) is 7.27. The quantitative estimate of drug-likeness (QED) is 0.360. The number of benzene rings is 1. The van der Waals surface area contributed by atoms with Crippen LogP contribution in [-0.4, -0.2) is 31.1 Å². The summed E-state index contributed by atoms with van der Waals surface area (Å²) in [6.07, 6.45) is 0. The van der Waals surface area contributed by atoms with Crippen molar-refractivity contribution in [2.24, 2.45) is 12.9 Å². The molecule has 1 amide bonds. The Morgan fingerprint density at radius 2 is 1.96 bits per heavy atom. The fraction of sp³-hybridized carbons (Fsp3) is 0.250. The number of imidazole rings is 1. The summed E-state index contributed by atoms with van der Waals surface area (Å²) < 4.78 is 3.86. The fourth-order valence-corrected chi connectivity index (χ4v) is 3.40. The molecule has 0 fully saturated rings. The van der Waals surface area contributed by atoms with Crippen LogP contribution in [0.1, 0.15) is 0 Å². The smallest absolute Gasteiger partial charge is 0.310 e. The van der Waals surface area contributed by atoms with Crippen molar-refractivity contribution in [1.29, 1.82) is 0 Å². The van der Waals surface area contributed by atoms with Crippen molar-refractivity contribution in [3.05, 3.63) is 50.1 Å². The summed E-state index contributed by atoms with van der Waals surface area (Å²) in [5.74, 6) is 4.99. The first-order chi connectivity index (χ1) is 12.9. The first kappa shape index (κ1) is 17.3. The van der Waals surface area contributed by atoms with Crippen LogP contribution in [0, 0.1) is 0 Å². The molecule has 1 aromatic carbocycles. The Morgan fingerprint density at radius 3 is 2.63 bits per heavy atom. The molecular formula is C16H16ClN7O3. The molecule has 140 valence electrons. The summed E-state index contributed by atoms with van der Waals surface area (Å²) in [6.45, 7) is 0.676.